The van der Waals surface area contributed by atoms with Crippen molar-refractivity contribution in [1.29, 1.82) is 0 Å². The van der Waals surface area contributed by atoms with Crippen LogP contribution in [0.3, 0.4) is 0 Å². The van der Waals surface area contributed by atoms with E-state index in [1.807, 2.05) is 6.26 Å². The molecule has 1 N–H and O–H groups in total. The van der Waals surface area contributed by atoms with Crippen molar-refractivity contribution in [2.75, 3.05) is 18.7 Å². The number of carbonyl (C=O) groups is 1. The summed E-state index contributed by atoms with van der Waals surface area (Å²) in [6.07, 6.45) is 1.82. The Bertz CT molecular complexity index is 665. The summed E-state index contributed by atoms with van der Waals surface area (Å²) in [4.78, 5) is 20.1. The minimum atomic E-state index is -0.607. The second-order valence-electron chi connectivity index (χ2n) is 3.85. The summed E-state index contributed by atoms with van der Waals surface area (Å²) in [6, 6.07) is 6.97. The summed E-state index contributed by atoms with van der Waals surface area (Å²) >= 11 is 13.2. The largest absolute Gasteiger partial charge is 0.465 e. The monoisotopic (exact) mass is 343 g/mol. The Labute approximate surface area is 136 Å². The molecule has 0 saturated heterocycles. The highest BCUT2D eigenvalue weighted by atomic mass is 35.5. The molecule has 0 aliphatic rings. The molecule has 1 aromatic carbocycles. The van der Waals surface area contributed by atoms with Gasteiger partial charge in [-0.2, -0.15) is 0 Å². The number of anilines is 2. The Morgan fingerprint density at radius 2 is 1.90 bits per heavy atom. The van der Waals surface area contributed by atoms with Gasteiger partial charge in [-0.05, 0) is 30.5 Å². The zero-order chi connectivity index (χ0) is 15.4. The highest BCUT2D eigenvalue weighted by molar-refractivity contribution is 7.98. The van der Waals surface area contributed by atoms with Crippen molar-refractivity contribution in [2.45, 2.75) is 5.16 Å². The SMILES string of the molecule is COC(=O)c1c(Cl)nc(SC)nc1Nc1ccc(Cl)cc1. The van der Waals surface area contributed by atoms with E-state index in [1.54, 1.807) is 24.3 Å². The van der Waals surface area contributed by atoms with Crippen molar-refractivity contribution in [1.82, 2.24) is 9.97 Å². The van der Waals surface area contributed by atoms with Crippen molar-refractivity contribution < 1.29 is 9.53 Å². The molecule has 0 radical (unpaired) electrons. The van der Waals surface area contributed by atoms with Gasteiger partial charge in [0.2, 0.25) is 0 Å². The van der Waals surface area contributed by atoms with Gasteiger partial charge in [0.15, 0.2) is 11.0 Å². The first-order valence-electron chi connectivity index (χ1n) is 5.77. The fraction of sp³-hybridized carbons (Fsp3) is 0.154. The van der Waals surface area contributed by atoms with E-state index < -0.39 is 5.97 Å². The van der Waals surface area contributed by atoms with Crippen LogP contribution in [0.25, 0.3) is 0 Å². The first kappa shape index (κ1) is 15.9. The van der Waals surface area contributed by atoms with Gasteiger partial charge >= 0.3 is 5.97 Å². The lowest BCUT2D eigenvalue weighted by Crippen LogP contribution is -2.10. The third-order valence-electron chi connectivity index (χ3n) is 2.52. The molecule has 0 bridgehead atoms. The molecule has 0 saturated carbocycles. The highest BCUT2D eigenvalue weighted by Gasteiger charge is 2.21. The number of nitrogens with one attached hydrogen (secondary N) is 1. The van der Waals surface area contributed by atoms with Crippen molar-refractivity contribution >= 4 is 52.4 Å². The summed E-state index contributed by atoms with van der Waals surface area (Å²) in [5, 5.41) is 4.12. The standard InChI is InChI=1S/C13H11Cl2N3O2S/c1-20-12(19)9-10(15)17-13(21-2)18-11(9)16-8-5-3-7(14)4-6-8/h3-6H,1-2H3,(H,16,17,18). The molecular formula is C13H11Cl2N3O2S. The summed E-state index contributed by atoms with van der Waals surface area (Å²) in [7, 11) is 1.27. The molecule has 2 aromatic rings. The smallest absolute Gasteiger partial charge is 0.344 e. The minimum Gasteiger partial charge on any atom is -0.465 e. The van der Waals surface area contributed by atoms with Crippen molar-refractivity contribution in [2.24, 2.45) is 0 Å². The fourth-order valence-corrected chi connectivity index (χ4v) is 2.34. The predicted molar refractivity (Wildman–Crippen MR) is 84.9 cm³/mol. The minimum absolute atomic E-state index is 0.0395. The summed E-state index contributed by atoms with van der Waals surface area (Å²) in [5.74, 6) is -0.322. The van der Waals surface area contributed by atoms with Crippen LogP contribution in [0.4, 0.5) is 11.5 Å². The number of carbonyl (C=O) groups excluding carboxylic acids is 1. The van der Waals surface area contributed by atoms with Gasteiger partial charge in [0.25, 0.3) is 0 Å². The number of methoxy groups -OCH3 is 1. The molecule has 0 aliphatic heterocycles. The Hall–Kier alpha value is -1.50. The van der Waals surface area contributed by atoms with Gasteiger partial charge in [-0.1, -0.05) is 35.0 Å². The van der Waals surface area contributed by atoms with E-state index in [4.69, 9.17) is 27.9 Å². The molecule has 0 spiro atoms. The highest BCUT2D eigenvalue weighted by Crippen LogP contribution is 2.28. The second kappa shape index (κ2) is 6.98. The Kier molecular flexibility index (Phi) is 5.27. The maximum atomic E-state index is 11.8. The molecule has 1 aromatic heterocycles. The molecule has 1 heterocycles. The number of rotatable bonds is 4. The van der Waals surface area contributed by atoms with Crippen molar-refractivity contribution in [3.05, 3.63) is 40.0 Å². The topological polar surface area (TPSA) is 64.1 Å². The number of nitrogens with zero attached hydrogens (tertiary/aromatic N) is 2. The predicted octanol–water partition coefficient (Wildman–Crippen LogP) is 4.04. The molecule has 0 fully saturated rings. The molecule has 0 aliphatic carbocycles. The lowest BCUT2D eigenvalue weighted by molar-refractivity contribution is 0.0601. The molecule has 0 amide bonds. The fourth-order valence-electron chi connectivity index (χ4n) is 1.55. The van der Waals surface area contributed by atoms with Gasteiger partial charge in [0, 0.05) is 10.7 Å². The summed E-state index contributed by atoms with van der Waals surface area (Å²) in [5.41, 5.74) is 0.804. The van der Waals surface area contributed by atoms with E-state index >= 15 is 0 Å². The summed E-state index contributed by atoms with van der Waals surface area (Å²) in [6.45, 7) is 0. The molecule has 5 nitrogen and oxygen atoms in total. The van der Waals surface area contributed by atoms with Crippen molar-refractivity contribution in [3.8, 4) is 0 Å². The van der Waals surface area contributed by atoms with E-state index in [9.17, 15) is 4.79 Å². The van der Waals surface area contributed by atoms with Gasteiger partial charge in [0.05, 0.1) is 7.11 Å². The van der Waals surface area contributed by atoms with Crippen LogP contribution in [0.2, 0.25) is 10.2 Å². The lowest BCUT2D eigenvalue weighted by Gasteiger charge is -2.12. The Morgan fingerprint density at radius 1 is 1.24 bits per heavy atom. The zero-order valence-corrected chi connectivity index (χ0v) is 13.5. The van der Waals surface area contributed by atoms with Gasteiger partial charge in [0.1, 0.15) is 10.7 Å². The van der Waals surface area contributed by atoms with E-state index in [1.165, 1.54) is 18.9 Å². The molecule has 8 heteroatoms. The summed E-state index contributed by atoms with van der Waals surface area (Å²) < 4.78 is 4.72. The van der Waals surface area contributed by atoms with E-state index in [-0.39, 0.29) is 16.5 Å². The molecular weight excluding hydrogens is 333 g/mol. The third kappa shape index (κ3) is 3.78. The normalized spacial score (nSPS) is 10.3. The van der Waals surface area contributed by atoms with Crippen LogP contribution < -0.4 is 5.32 Å². The molecule has 21 heavy (non-hydrogen) atoms. The van der Waals surface area contributed by atoms with Crippen LogP contribution in [0.15, 0.2) is 29.4 Å². The Morgan fingerprint density at radius 3 is 2.48 bits per heavy atom. The number of benzene rings is 1. The first-order valence-corrected chi connectivity index (χ1v) is 7.75. The van der Waals surface area contributed by atoms with Gasteiger partial charge < -0.3 is 10.1 Å². The average Bonchev–Trinajstić information content (AvgIpc) is 2.48. The van der Waals surface area contributed by atoms with Crippen LogP contribution in [0, 0.1) is 0 Å². The number of thioether (sulfide) groups is 1. The Balaban J connectivity index is 2.46. The van der Waals surface area contributed by atoms with E-state index in [0.717, 1.165) is 0 Å². The van der Waals surface area contributed by atoms with Gasteiger partial charge in [-0.15, -0.1) is 0 Å². The second-order valence-corrected chi connectivity index (χ2v) is 5.42. The quantitative estimate of drug-likeness (QED) is 0.391. The number of hydrogen-bond acceptors (Lipinski definition) is 6. The van der Waals surface area contributed by atoms with E-state index in [0.29, 0.717) is 15.9 Å². The number of halogens is 2. The number of esters is 1. The maximum Gasteiger partial charge on any atom is 0.344 e. The molecule has 0 atom stereocenters. The lowest BCUT2D eigenvalue weighted by atomic mass is 10.2. The first-order chi connectivity index (χ1) is 10.0. The number of aromatic nitrogens is 2. The van der Waals surface area contributed by atoms with Gasteiger partial charge in [-0.25, -0.2) is 14.8 Å². The molecule has 110 valence electrons. The van der Waals surface area contributed by atoms with Crippen LogP contribution in [0.5, 0.6) is 0 Å². The van der Waals surface area contributed by atoms with Crippen molar-refractivity contribution in [3.63, 3.8) is 0 Å². The van der Waals surface area contributed by atoms with Crippen LogP contribution in [0.1, 0.15) is 10.4 Å². The van der Waals surface area contributed by atoms with E-state index in [2.05, 4.69) is 15.3 Å². The van der Waals surface area contributed by atoms with Crippen LogP contribution in [-0.2, 0) is 4.74 Å². The number of hydrogen-bond donors (Lipinski definition) is 1. The maximum absolute atomic E-state index is 11.8. The average molecular weight is 344 g/mol. The molecule has 2 rings (SSSR count). The zero-order valence-electron chi connectivity index (χ0n) is 11.2. The van der Waals surface area contributed by atoms with Gasteiger partial charge in [-0.3, -0.25) is 0 Å². The molecule has 0 unspecified atom stereocenters. The third-order valence-corrected chi connectivity index (χ3v) is 3.60. The number of ether oxygens (including phenoxy) is 1. The van der Waals surface area contributed by atoms with Crippen LogP contribution in [-0.4, -0.2) is 29.3 Å². The van der Waals surface area contributed by atoms with Crippen LogP contribution >= 0.6 is 35.0 Å².